The van der Waals surface area contributed by atoms with E-state index in [2.05, 4.69) is 10.3 Å². The molecule has 33 heavy (non-hydrogen) atoms. The zero-order valence-corrected chi connectivity index (χ0v) is 17.9. The third-order valence-corrected chi connectivity index (χ3v) is 5.47. The summed E-state index contributed by atoms with van der Waals surface area (Å²) in [5, 5.41) is 25.1. The molecule has 0 saturated heterocycles. The number of ether oxygens (including phenoxy) is 1. The highest BCUT2D eigenvalue weighted by Gasteiger charge is 2.18. The Balaban J connectivity index is 1.46. The van der Waals surface area contributed by atoms with Gasteiger partial charge >= 0.3 is 5.63 Å². The van der Waals surface area contributed by atoms with Crippen LogP contribution >= 0.6 is 0 Å². The second kappa shape index (κ2) is 8.70. The summed E-state index contributed by atoms with van der Waals surface area (Å²) in [7, 11) is 0. The molecule has 0 bridgehead atoms. The van der Waals surface area contributed by atoms with Crippen molar-refractivity contribution in [2.45, 2.75) is 26.3 Å². The number of amides is 1. The Morgan fingerprint density at radius 1 is 1.18 bits per heavy atom. The first-order valence-electron chi connectivity index (χ1n) is 10.2. The maximum atomic E-state index is 12.4. The van der Waals surface area contributed by atoms with Crippen LogP contribution in [0.1, 0.15) is 16.7 Å². The Bertz CT molecular complexity index is 1430. The minimum absolute atomic E-state index is 0.0440. The Hall–Kier alpha value is -4.27. The van der Waals surface area contributed by atoms with E-state index in [1.807, 2.05) is 0 Å². The van der Waals surface area contributed by atoms with E-state index in [-0.39, 0.29) is 12.2 Å². The van der Waals surface area contributed by atoms with Gasteiger partial charge in [-0.05, 0) is 55.3 Å². The summed E-state index contributed by atoms with van der Waals surface area (Å²) in [6.45, 7) is 3.05. The van der Waals surface area contributed by atoms with E-state index in [9.17, 15) is 24.6 Å². The van der Waals surface area contributed by atoms with Gasteiger partial charge in [0.15, 0.2) is 6.61 Å². The molecule has 0 saturated carbocycles. The molecule has 4 aromatic rings. The smallest absolute Gasteiger partial charge is 0.336 e. The monoisotopic (exact) mass is 449 g/mol. The molecule has 9 heteroatoms. The standard InChI is InChI=1S/C24H22N2O7/c1-12-7-22(29)33-23-13(2)20(6-4-16(12)23)32-11-21(28)26-19(24(30)31)8-14-10-25-18-5-3-15(27)9-17(14)18/h3-7,9-10,19,25,27H,8,11H2,1-2H3,(H,26,28)(H,30,31)/p-1/t19-/m0/s1. The molecule has 0 fully saturated rings. The number of carboxylic acid groups (broad SMARTS) is 1. The van der Waals surface area contributed by atoms with Crippen molar-refractivity contribution in [2.75, 3.05) is 6.61 Å². The van der Waals surface area contributed by atoms with Crippen molar-refractivity contribution in [3.05, 3.63) is 69.7 Å². The Morgan fingerprint density at radius 2 is 1.97 bits per heavy atom. The van der Waals surface area contributed by atoms with Crippen LogP contribution in [0.15, 0.2) is 51.8 Å². The summed E-state index contributed by atoms with van der Waals surface area (Å²) in [5.74, 6) is -1.72. The van der Waals surface area contributed by atoms with E-state index in [4.69, 9.17) is 9.15 Å². The highest BCUT2D eigenvalue weighted by atomic mass is 16.5. The highest BCUT2D eigenvalue weighted by molar-refractivity contribution is 5.88. The number of carbonyl (C=O) groups is 2. The first-order chi connectivity index (χ1) is 15.7. The van der Waals surface area contributed by atoms with Crippen LogP contribution in [0.2, 0.25) is 0 Å². The molecule has 0 spiro atoms. The lowest BCUT2D eigenvalue weighted by Gasteiger charge is -2.20. The van der Waals surface area contributed by atoms with Gasteiger partial charge < -0.3 is 34.5 Å². The largest absolute Gasteiger partial charge is 0.548 e. The number of aromatic hydroxyl groups is 1. The maximum absolute atomic E-state index is 12.4. The van der Waals surface area contributed by atoms with Gasteiger partial charge in [-0.2, -0.15) is 0 Å². The van der Waals surface area contributed by atoms with Gasteiger partial charge in [-0.3, -0.25) is 4.79 Å². The zero-order chi connectivity index (χ0) is 23.7. The van der Waals surface area contributed by atoms with E-state index in [0.29, 0.717) is 27.8 Å². The quantitative estimate of drug-likeness (QED) is 0.362. The number of hydrogen-bond acceptors (Lipinski definition) is 7. The summed E-state index contributed by atoms with van der Waals surface area (Å²) in [4.78, 5) is 38.7. The molecule has 0 aliphatic rings. The van der Waals surface area contributed by atoms with Gasteiger partial charge in [-0.1, -0.05) is 0 Å². The van der Waals surface area contributed by atoms with Crippen molar-refractivity contribution in [1.29, 1.82) is 0 Å². The van der Waals surface area contributed by atoms with Gasteiger partial charge in [-0.25, -0.2) is 4.79 Å². The van der Waals surface area contributed by atoms with Gasteiger partial charge in [0.05, 0.1) is 12.0 Å². The molecule has 2 heterocycles. The molecule has 0 aliphatic carbocycles. The van der Waals surface area contributed by atoms with Gasteiger partial charge in [0.1, 0.15) is 17.1 Å². The second-order valence-corrected chi connectivity index (χ2v) is 7.79. The normalized spacial score (nSPS) is 12.1. The molecule has 1 atom stereocenters. The van der Waals surface area contributed by atoms with Crippen molar-refractivity contribution < 1.29 is 29.0 Å². The van der Waals surface area contributed by atoms with Crippen molar-refractivity contribution in [3.63, 3.8) is 0 Å². The summed E-state index contributed by atoms with van der Waals surface area (Å²) in [6.07, 6.45) is 1.58. The van der Waals surface area contributed by atoms with Crippen molar-refractivity contribution in [2.24, 2.45) is 0 Å². The van der Waals surface area contributed by atoms with Crippen LogP contribution in [-0.2, 0) is 16.0 Å². The zero-order valence-electron chi connectivity index (χ0n) is 17.9. The SMILES string of the molecule is Cc1cc(=O)oc2c(C)c(OCC(=O)N[C@@H](Cc3c[nH]c4ccc(O)cc34)C(=O)[O-])ccc12. The first kappa shape index (κ1) is 21.9. The van der Waals surface area contributed by atoms with Gasteiger partial charge in [0.25, 0.3) is 5.91 Å². The molecule has 9 nitrogen and oxygen atoms in total. The number of hydrogen-bond donors (Lipinski definition) is 3. The topological polar surface area (TPSA) is 145 Å². The van der Waals surface area contributed by atoms with E-state index in [0.717, 1.165) is 16.5 Å². The number of phenolic OH excluding ortho intramolecular Hbond substituents is 1. The first-order valence-corrected chi connectivity index (χ1v) is 10.2. The van der Waals surface area contributed by atoms with Crippen LogP contribution in [0.3, 0.4) is 0 Å². The van der Waals surface area contributed by atoms with Crippen molar-refractivity contribution in [3.8, 4) is 11.5 Å². The van der Waals surface area contributed by atoms with Gasteiger partial charge in [0.2, 0.25) is 0 Å². The maximum Gasteiger partial charge on any atom is 0.336 e. The highest BCUT2D eigenvalue weighted by Crippen LogP contribution is 2.28. The minimum atomic E-state index is -1.45. The minimum Gasteiger partial charge on any atom is -0.548 e. The second-order valence-electron chi connectivity index (χ2n) is 7.79. The molecule has 4 rings (SSSR count). The number of carbonyl (C=O) groups excluding carboxylic acids is 2. The number of fused-ring (bicyclic) bond motifs is 2. The Kier molecular flexibility index (Phi) is 5.78. The van der Waals surface area contributed by atoms with Gasteiger partial charge in [-0.15, -0.1) is 0 Å². The molecule has 3 N–H and O–H groups in total. The Morgan fingerprint density at radius 3 is 2.73 bits per heavy atom. The molecular weight excluding hydrogens is 428 g/mol. The lowest BCUT2D eigenvalue weighted by atomic mass is 10.0. The number of aromatic nitrogens is 1. The molecule has 0 radical (unpaired) electrons. The number of rotatable bonds is 7. The van der Waals surface area contributed by atoms with Crippen LogP contribution in [0.5, 0.6) is 11.5 Å². The predicted octanol–water partition coefficient (Wildman–Crippen LogP) is 1.45. The molecule has 170 valence electrons. The van der Waals surface area contributed by atoms with E-state index in [1.54, 1.807) is 38.2 Å². The number of aliphatic carboxylic acids is 1. The fourth-order valence-electron chi connectivity index (χ4n) is 3.78. The molecule has 0 unspecified atom stereocenters. The lowest BCUT2D eigenvalue weighted by molar-refractivity contribution is -0.308. The number of aryl methyl sites for hydroxylation is 2. The van der Waals surface area contributed by atoms with E-state index < -0.39 is 30.2 Å². The average Bonchev–Trinajstić information content (AvgIpc) is 3.15. The van der Waals surface area contributed by atoms with Crippen molar-refractivity contribution >= 4 is 33.7 Å². The van der Waals surface area contributed by atoms with Gasteiger partial charge in [0, 0.05) is 40.5 Å². The summed E-state index contributed by atoms with van der Waals surface area (Å²) < 4.78 is 10.8. The molecule has 2 aromatic heterocycles. The predicted molar refractivity (Wildman–Crippen MR) is 118 cm³/mol. The third kappa shape index (κ3) is 4.52. The van der Waals surface area contributed by atoms with Crippen molar-refractivity contribution in [1.82, 2.24) is 10.3 Å². The molecule has 0 aliphatic heterocycles. The fourth-order valence-corrected chi connectivity index (χ4v) is 3.78. The van der Waals surface area contributed by atoms with Crippen LogP contribution in [-0.4, -0.2) is 34.6 Å². The summed E-state index contributed by atoms with van der Waals surface area (Å²) in [6, 6.07) is 8.17. The molecule has 2 aromatic carbocycles. The van der Waals surface area contributed by atoms with E-state index >= 15 is 0 Å². The fraction of sp³-hybridized carbons (Fsp3) is 0.208. The third-order valence-electron chi connectivity index (χ3n) is 5.47. The Labute approximate surface area is 187 Å². The summed E-state index contributed by atoms with van der Waals surface area (Å²) in [5.41, 5.74) is 2.52. The number of phenols is 1. The molecular formula is C24H21N2O7-. The van der Waals surface area contributed by atoms with E-state index in [1.165, 1.54) is 18.2 Å². The van der Waals surface area contributed by atoms with Crippen LogP contribution in [0, 0.1) is 13.8 Å². The number of aromatic amines is 1. The molecule has 1 amide bonds. The van der Waals surface area contributed by atoms with Crippen LogP contribution in [0.25, 0.3) is 21.9 Å². The van der Waals surface area contributed by atoms with Crippen LogP contribution < -0.4 is 20.8 Å². The lowest BCUT2D eigenvalue weighted by Crippen LogP contribution is -2.50. The average molecular weight is 449 g/mol. The number of carboxylic acids is 1. The number of nitrogens with one attached hydrogen (secondary N) is 2. The number of benzene rings is 2. The summed E-state index contributed by atoms with van der Waals surface area (Å²) >= 11 is 0. The van der Waals surface area contributed by atoms with Crippen LogP contribution in [0.4, 0.5) is 0 Å². The number of H-pyrrole nitrogens is 1.